The van der Waals surface area contributed by atoms with Crippen LogP contribution >= 0.6 is 0 Å². The van der Waals surface area contributed by atoms with Gasteiger partial charge in [-0.1, -0.05) is 30.3 Å². The van der Waals surface area contributed by atoms with E-state index in [2.05, 4.69) is 18.2 Å². The largest absolute Gasteiger partial charge is 0.380 e. The van der Waals surface area contributed by atoms with Crippen LogP contribution in [0.2, 0.25) is 0 Å². The van der Waals surface area contributed by atoms with Crippen molar-refractivity contribution < 1.29 is 0 Å². The number of fused-ring (bicyclic) bond motifs is 1. The summed E-state index contributed by atoms with van der Waals surface area (Å²) in [4.78, 5) is 2.01. The van der Waals surface area contributed by atoms with Gasteiger partial charge in [0.15, 0.2) is 5.41 Å². The Morgan fingerprint density at radius 2 is 1.83 bits per heavy atom. The summed E-state index contributed by atoms with van der Waals surface area (Å²) < 4.78 is 0. The van der Waals surface area contributed by atoms with E-state index in [9.17, 15) is 15.8 Å². The molecule has 0 saturated carbocycles. The number of rotatable bonds is 1. The molecule has 1 aromatic carbocycles. The van der Waals surface area contributed by atoms with Crippen molar-refractivity contribution >= 4 is 0 Å². The molecule has 0 spiro atoms. The topological polar surface area (TPSA) is 101 Å². The summed E-state index contributed by atoms with van der Waals surface area (Å²) in [6.45, 7) is 0.633. The van der Waals surface area contributed by atoms with Gasteiger partial charge in [0.05, 0.1) is 29.8 Å². The highest BCUT2D eigenvalue weighted by molar-refractivity contribution is 5.53. The monoisotopic (exact) mass is 315 g/mol. The quantitative estimate of drug-likeness (QED) is 0.854. The number of hydrogen-bond donors (Lipinski definition) is 1. The van der Waals surface area contributed by atoms with Gasteiger partial charge < -0.3 is 10.6 Å². The lowest BCUT2D eigenvalue weighted by Crippen LogP contribution is -2.53. The maximum absolute atomic E-state index is 9.90. The third-order valence-corrected chi connectivity index (χ3v) is 5.05. The van der Waals surface area contributed by atoms with Gasteiger partial charge in [0.1, 0.15) is 0 Å². The molecule has 2 aliphatic rings. The molecule has 3 rings (SSSR count). The molecule has 1 heterocycles. The minimum atomic E-state index is -1.47. The number of nitrogens with zero attached hydrogens (tertiary/aromatic N) is 4. The van der Waals surface area contributed by atoms with Crippen LogP contribution in [0.5, 0.6) is 0 Å². The van der Waals surface area contributed by atoms with E-state index >= 15 is 0 Å². The van der Waals surface area contributed by atoms with E-state index in [1.807, 2.05) is 54.6 Å². The number of nitriles is 3. The lowest BCUT2D eigenvalue weighted by molar-refractivity contribution is 0.229. The second-order valence-electron chi connectivity index (χ2n) is 6.30. The Bertz CT molecular complexity index is 817. The molecule has 2 N–H and O–H groups in total. The maximum Gasteiger partial charge on any atom is 0.170 e. The smallest absolute Gasteiger partial charge is 0.170 e. The second-order valence-corrected chi connectivity index (χ2v) is 6.30. The van der Waals surface area contributed by atoms with Gasteiger partial charge in [-0.15, -0.1) is 0 Å². The lowest BCUT2D eigenvalue weighted by Gasteiger charge is -2.46. The summed E-state index contributed by atoms with van der Waals surface area (Å²) in [5.74, 6) is -0.514. The number of allylic oxidation sites excluding steroid dienone is 1. The Balaban J connectivity index is 2.31. The Kier molecular flexibility index (Phi) is 3.86. The summed E-state index contributed by atoms with van der Waals surface area (Å²) in [7, 11) is 1.94. The molecule has 0 bridgehead atoms. The Morgan fingerprint density at radius 3 is 2.42 bits per heavy atom. The molecule has 0 saturated heterocycles. The summed E-state index contributed by atoms with van der Waals surface area (Å²) in [6.07, 6.45) is 3.80. The Hall–Kier alpha value is -3.07. The molecule has 1 aromatic rings. The molecule has 0 amide bonds. The van der Waals surface area contributed by atoms with Gasteiger partial charge in [0, 0.05) is 25.4 Å². The standard InChI is InChI=1S/C19H17N5/c1-24-8-7-14-15(9-20)18(23)19(11-21,12-22)17(16(14)10-24)13-5-3-2-4-6-13/h2-8,16-18H,10,23H2,1H3/t16-,17-,18-/m0/s1. The zero-order chi connectivity index (χ0) is 17.3. The van der Waals surface area contributed by atoms with E-state index in [0.29, 0.717) is 12.1 Å². The first-order valence-corrected chi connectivity index (χ1v) is 7.74. The fraction of sp³-hybridized carbons (Fsp3) is 0.316. The van der Waals surface area contributed by atoms with Crippen LogP contribution in [0.25, 0.3) is 0 Å². The van der Waals surface area contributed by atoms with Crippen molar-refractivity contribution in [1.82, 2.24) is 4.90 Å². The molecule has 1 aliphatic heterocycles. The SMILES string of the molecule is CN1C=CC2=C(C#N)[C@H](N)C(C#N)(C#N)[C@@H](c3ccccc3)[C@H]2C1. The molecule has 5 heteroatoms. The number of nitrogens with two attached hydrogens (primary N) is 1. The highest BCUT2D eigenvalue weighted by Gasteiger charge is 2.55. The first kappa shape index (κ1) is 15.8. The minimum absolute atomic E-state index is 0.129. The van der Waals surface area contributed by atoms with Crippen molar-refractivity contribution in [3.63, 3.8) is 0 Å². The first-order chi connectivity index (χ1) is 11.6. The average Bonchev–Trinajstić information content (AvgIpc) is 2.62. The van der Waals surface area contributed by atoms with E-state index in [1.165, 1.54) is 0 Å². The van der Waals surface area contributed by atoms with E-state index in [1.54, 1.807) is 0 Å². The van der Waals surface area contributed by atoms with Crippen molar-refractivity contribution in [2.75, 3.05) is 13.6 Å². The molecule has 24 heavy (non-hydrogen) atoms. The molecule has 1 aliphatic carbocycles. The van der Waals surface area contributed by atoms with Crippen LogP contribution in [0.15, 0.2) is 53.8 Å². The van der Waals surface area contributed by atoms with Crippen LogP contribution < -0.4 is 5.73 Å². The minimum Gasteiger partial charge on any atom is -0.380 e. The molecule has 3 atom stereocenters. The highest BCUT2D eigenvalue weighted by Crippen LogP contribution is 2.52. The molecule has 0 unspecified atom stereocenters. The van der Waals surface area contributed by atoms with Gasteiger partial charge >= 0.3 is 0 Å². The molecule has 0 fully saturated rings. The van der Waals surface area contributed by atoms with Crippen molar-refractivity contribution in [1.29, 1.82) is 15.8 Å². The predicted molar refractivity (Wildman–Crippen MR) is 88.7 cm³/mol. The molecule has 0 radical (unpaired) electrons. The second kappa shape index (κ2) is 5.85. The summed E-state index contributed by atoms with van der Waals surface area (Å²) >= 11 is 0. The van der Waals surface area contributed by atoms with E-state index in [4.69, 9.17) is 5.73 Å². The first-order valence-electron chi connectivity index (χ1n) is 7.74. The van der Waals surface area contributed by atoms with Gasteiger partial charge in [0.25, 0.3) is 0 Å². The maximum atomic E-state index is 9.90. The zero-order valence-corrected chi connectivity index (χ0v) is 13.3. The summed E-state index contributed by atoms with van der Waals surface area (Å²) in [5.41, 5.74) is 6.92. The van der Waals surface area contributed by atoms with Crippen molar-refractivity contribution in [2.24, 2.45) is 17.1 Å². The van der Waals surface area contributed by atoms with Crippen LogP contribution in [-0.4, -0.2) is 24.5 Å². The Morgan fingerprint density at radius 1 is 1.17 bits per heavy atom. The van der Waals surface area contributed by atoms with Crippen LogP contribution in [0, 0.1) is 45.3 Å². The van der Waals surface area contributed by atoms with Crippen molar-refractivity contribution in [2.45, 2.75) is 12.0 Å². The van der Waals surface area contributed by atoms with Gasteiger partial charge in [-0.05, 0) is 23.4 Å². The van der Waals surface area contributed by atoms with Gasteiger partial charge in [0.2, 0.25) is 0 Å². The molecule has 5 nitrogen and oxygen atoms in total. The fourth-order valence-corrected chi connectivity index (χ4v) is 3.89. The van der Waals surface area contributed by atoms with Crippen molar-refractivity contribution in [3.05, 3.63) is 59.3 Å². The van der Waals surface area contributed by atoms with Gasteiger partial charge in [-0.25, -0.2) is 0 Å². The molecular formula is C19H17N5. The van der Waals surface area contributed by atoms with E-state index in [0.717, 1.165) is 11.1 Å². The van der Waals surface area contributed by atoms with Crippen molar-refractivity contribution in [3.8, 4) is 18.2 Å². The zero-order valence-electron chi connectivity index (χ0n) is 13.3. The van der Waals surface area contributed by atoms with E-state index < -0.39 is 11.5 Å². The highest BCUT2D eigenvalue weighted by atomic mass is 15.1. The fourth-order valence-electron chi connectivity index (χ4n) is 3.89. The Labute approximate surface area is 141 Å². The average molecular weight is 315 g/mol. The molecule has 118 valence electrons. The third-order valence-electron chi connectivity index (χ3n) is 5.05. The molecular weight excluding hydrogens is 298 g/mol. The third kappa shape index (κ3) is 2.09. The normalized spacial score (nSPS) is 27.6. The van der Waals surface area contributed by atoms with Gasteiger partial charge in [-0.3, -0.25) is 0 Å². The van der Waals surface area contributed by atoms with E-state index in [-0.39, 0.29) is 11.8 Å². The number of benzene rings is 1. The van der Waals surface area contributed by atoms with Crippen LogP contribution in [0.3, 0.4) is 0 Å². The van der Waals surface area contributed by atoms with Crippen LogP contribution in [-0.2, 0) is 0 Å². The summed E-state index contributed by atoms with van der Waals surface area (Å²) in [5, 5.41) is 29.4. The number of hydrogen-bond acceptors (Lipinski definition) is 5. The predicted octanol–water partition coefficient (Wildman–Crippen LogP) is 2.04. The lowest BCUT2D eigenvalue weighted by atomic mass is 9.56. The van der Waals surface area contributed by atoms with Crippen LogP contribution in [0.1, 0.15) is 11.5 Å². The molecule has 0 aromatic heterocycles. The summed E-state index contributed by atoms with van der Waals surface area (Å²) in [6, 6.07) is 15.1. The van der Waals surface area contributed by atoms with Crippen LogP contribution in [0.4, 0.5) is 0 Å². The van der Waals surface area contributed by atoms with Gasteiger partial charge in [-0.2, -0.15) is 15.8 Å².